The van der Waals surface area contributed by atoms with Gasteiger partial charge >= 0.3 is 5.97 Å². The van der Waals surface area contributed by atoms with Crippen LogP contribution in [0, 0.1) is 5.92 Å². The van der Waals surface area contributed by atoms with Gasteiger partial charge in [-0.2, -0.15) is 0 Å². The number of ketones is 1. The monoisotopic (exact) mass is 258 g/mol. The Morgan fingerprint density at radius 1 is 1.29 bits per heavy atom. The molecule has 17 heavy (non-hydrogen) atoms. The molecule has 3 nitrogen and oxygen atoms in total. The quantitative estimate of drug-likeness (QED) is 0.250. The molecule has 1 aliphatic rings. The van der Waals surface area contributed by atoms with E-state index in [0.29, 0.717) is 5.92 Å². The molecule has 0 bridgehead atoms. The fraction of sp³-hybridized carbons (Fsp3) is 0.692. The Bertz CT molecular complexity index is 286. The standard InChI is InChI=1S/C13H19ClO3/c1-17-13(16)11(12(15)9-14)8-7-10-5-3-2-4-6-10/h8,10H,2-7,9H2,1H3/b11-8-. The van der Waals surface area contributed by atoms with E-state index >= 15 is 0 Å². The number of rotatable bonds is 5. The molecule has 0 heterocycles. The van der Waals surface area contributed by atoms with Gasteiger partial charge in [0.05, 0.1) is 18.6 Å². The van der Waals surface area contributed by atoms with Gasteiger partial charge in [0, 0.05) is 0 Å². The Balaban J connectivity index is 2.61. The second kappa shape index (κ2) is 7.49. The van der Waals surface area contributed by atoms with Crippen molar-refractivity contribution < 1.29 is 14.3 Å². The third-order valence-electron chi connectivity index (χ3n) is 3.21. The van der Waals surface area contributed by atoms with Crippen LogP contribution < -0.4 is 0 Å². The van der Waals surface area contributed by atoms with Crippen molar-refractivity contribution in [1.82, 2.24) is 0 Å². The van der Waals surface area contributed by atoms with Crippen LogP contribution >= 0.6 is 11.6 Å². The summed E-state index contributed by atoms with van der Waals surface area (Å²) in [6, 6.07) is 0. The molecule has 0 amide bonds. The zero-order valence-corrected chi connectivity index (χ0v) is 11.0. The van der Waals surface area contributed by atoms with Crippen molar-refractivity contribution in [1.29, 1.82) is 0 Å². The van der Waals surface area contributed by atoms with Crippen molar-refractivity contribution in [3.63, 3.8) is 0 Å². The Morgan fingerprint density at radius 2 is 1.94 bits per heavy atom. The molecule has 0 saturated heterocycles. The van der Waals surface area contributed by atoms with Crippen molar-refractivity contribution in [2.45, 2.75) is 38.5 Å². The van der Waals surface area contributed by atoms with E-state index in [2.05, 4.69) is 4.74 Å². The summed E-state index contributed by atoms with van der Waals surface area (Å²) in [6.45, 7) is 0. The molecule has 0 N–H and O–H groups in total. The van der Waals surface area contributed by atoms with Gasteiger partial charge in [0.2, 0.25) is 0 Å². The van der Waals surface area contributed by atoms with Crippen LogP contribution in [0.15, 0.2) is 11.6 Å². The number of hydrogen-bond donors (Lipinski definition) is 0. The van der Waals surface area contributed by atoms with Crippen LogP contribution in [0.1, 0.15) is 38.5 Å². The van der Waals surface area contributed by atoms with E-state index in [4.69, 9.17) is 11.6 Å². The average molecular weight is 259 g/mol. The van der Waals surface area contributed by atoms with Gasteiger partial charge in [-0.05, 0) is 12.3 Å². The highest BCUT2D eigenvalue weighted by atomic mass is 35.5. The molecule has 1 rings (SSSR count). The minimum Gasteiger partial charge on any atom is -0.465 e. The first kappa shape index (κ1) is 14.2. The lowest BCUT2D eigenvalue weighted by atomic mass is 9.86. The summed E-state index contributed by atoms with van der Waals surface area (Å²) in [6.07, 6.45) is 8.62. The summed E-state index contributed by atoms with van der Waals surface area (Å²) in [5.41, 5.74) is 0.105. The maximum absolute atomic E-state index is 11.5. The molecule has 96 valence electrons. The second-order valence-electron chi connectivity index (χ2n) is 4.41. The number of esters is 1. The van der Waals surface area contributed by atoms with Crippen LogP contribution in [-0.2, 0) is 14.3 Å². The molecule has 0 radical (unpaired) electrons. The Kier molecular flexibility index (Phi) is 6.27. The van der Waals surface area contributed by atoms with Crippen molar-refractivity contribution >= 4 is 23.4 Å². The number of carbonyl (C=O) groups excluding carboxylic acids is 2. The van der Waals surface area contributed by atoms with Gasteiger partial charge in [0.15, 0.2) is 5.78 Å². The maximum atomic E-state index is 11.5. The lowest BCUT2D eigenvalue weighted by Crippen LogP contribution is -2.16. The number of halogens is 1. The first-order valence-electron chi connectivity index (χ1n) is 6.06. The largest absolute Gasteiger partial charge is 0.465 e. The molecular weight excluding hydrogens is 240 g/mol. The fourth-order valence-electron chi connectivity index (χ4n) is 2.20. The third kappa shape index (κ3) is 4.50. The Hall–Kier alpha value is -0.830. The summed E-state index contributed by atoms with van der Waals surface area (Å²) < 4.78 is 4.59. The number of ether oxygens (including phenoxy) is 1. The molecule has 0 aromatic rings. The topological polar surface area (TPSA) is 43.4 Å². The van der Waals surface area contributed by atoms with Gasteiger partial charge in [-0.25, -0.2) is 4.79 Å². The molecule has 4 heteroatoms. The van der Waals surface area contributed by atoms with Crippen LogP contribution in [0.3, 0.4) is 0 Å². The summed E-state index contributed by atoms with van der Waals surface area (Å²) in [5.74, 6) is -0.515. The van der Waals surface area contributed by atoms with Crippen molar-refractivity contribution in [2.75, 3.05) is 13.0 Å². The van der Waals surface area contributed by atoms with Crippen LogP contribution in [0.5, 0.6) is 0 Å². The summed E-state index contributed by atoms with van der Waals surface area (Å²) in [7, 11) is 1.28. The first-order valence-corrected chi connectivity index (χ1v) is 6.60. The zero-order valence-electron chi connectivity index (χ0n) is 10.2. The van der Waals surface area contributed by atoms with Crippen LogP contribution in [0.25, 0.3) is 0 Å². The third-order valence-corrected chi connectivity index (χ3v) is 3.45. The van der Waals surface area contributed by atoms with Crippen molar-refractivity contribution in [3.05, 3.63) is 11.6 Å². The average Bonchev–Trinajstić information content (AvgIpc) is 2.39. The summed E-state index contributed by atoms with van der Waals surface area (Å²) in [4.78, 5) is 22.9. The molecule has 1 aliphatic carbocycles. The van der Waals surface area contributed by atoms with Crippen LogP contribution in [0.4, 0.5) is 0 Å². The molecule has 0 aromatic heterocycles. The van der Waals surface area contributed by atoms with E-state index < -0.39 is 5.97 Å². The van der Waals surface area contributed by atoms with Gasteiger partial charge in [0.25, 0.3) is 0 Å². The zero-order chi connectivity index (χ0) is 12.7. The van der Waals surface area contributed by atoms with Crippen molar-refractivity contribution in [2.24, 2.45) is 5.92 Å². The number of methoxy groups -OCH3 is 1. The predicted molar refractivity (Wildman–Crippen MR) is 67.0 cm³/mol. The van der Waals surface area contributed by atoms with E-state index in [1.54, 1.807) is 6.08 Å². The predicted octanol–water partition coefficient (Wildman–Crippen LogP) is 2.86. The second-order valence-corrected chi connectivity index (χ2v) is 4.67. The van der Waals surface area contributed by atoms with Gasteiger partial charge in [0.1, 0.15) is 0 Å². The van der Waals surface area contributed by atoms with Gasteiger partial charge in [-0.3, -0.25) is 4.79 Å². The first-order chi connectivity index (χ1) is 8.19. The Morgan fingerprint density at radius 3 is 2.47 bits per heavy atom. The lowest BCUT2D eigenvalue weighted by molar-refractivity contribution is -0.137. The number of Topliss-reactive ketones (excluding diaryl/α,β-unsaturated/α-hetero) is 1. The lowest BCUT2D eigenvalue weighted by Gasteiger charge is -2.20. The highest BCUT2D eigenvalue weighted by Gasteiger charge is 2.19. The van der Waals surface area contributed by atoms with Crippen LogP contribution in [0.2, 0.25) is 0 Å². The fourth-order valence-corrected chi connectivity index (χ4v) is 2.34. The minimum atomic E-state index is -0.577. The normalized spacial score (nSPS) is 17.9. The van der Waals surface area contributed by atoms with Gasteiger partial charge < -0.3 is 4.74 Å². The summed E-state index contributed by atoms with van der Waals surface area (Å²) in [5, 5.41) is 0. The minimum absolute atomic E-state index is 0.105. The smallest absolute Gasteiger partial charge is 0.341 e. The van der Waals surface area contributed by atoms with E-state index in [9.17, 15) is 9.59 Å². The molecule has 0 unspecified atom stereocenters. The van der Waals surface area contributed by atoms with E-state index in [0.717, 1.165) is 6.42 Å². The number of hydrogen-bond acceptors (Lipinski definition) is 3. The molecule has 0 spiro atoms. The highest BCUT2D eigenvalue weighted by Crippen LogP contribution is 2.27. The molecule has 0 aromatic carbocycles. The molecular formula is C13H19ClO3. The van der Waals surface area contributed by atoms with E-state index in [-0.39, 0.29) is 17.2 Å². The van der Waals surface area contributed by atoms with E-state index in [1.165, 1.54) is 39.2 Å². The molecule has 0 aliphatic heterocycles. The summed E-state index contributed by atoms with van der Waals surface area (Å²) >= 11 is 5.47. The van der Waals surface area contributed by atoms with Gasteiger partial charge in [-0.1, -0.05) is 38.2 Å². The molecule has 0 atom stereocenters. The molecule has 1 fully saturated rings. The Labute approximate surface area is 107 Å². The van der Waals surface area contributed by atoms with E-state index in [1.807, 2.05) is 0 Å². The number of allylic oxidation sites excluding steroid dienone is 1. The van der Waals surface area contributed by atoms with Crippen LogP contribution in [-0.4, -0.2) is 24.7 Å². The van der Waals surface area contributed by atoms with Crippen molar-refractivity contribution in [3.8, 4) is 0 Å². The molecule has 1 saturated carbocycles. The SMILES string of the molecule is COC(=O)/C(=C\CC1CCCCC1)C(=O)CCl. The highest BCUT2D eigenvalue weighted by molar-refractivity contribution is 6.34. The maximum Gasteiger partial charge on any atom is 0.341 e. The number of alkyl halides is 1. The number of carbonyl (C=O) groups is 2. The van der Waals surface area contributed by atoms with Gasteiger partial charge in [-0.15, -0.1) is 11.6 Å².